The molecule has 0 aromatic heterocycles. The molecule has 6 nitrogen and oxygen atoms in total. The summed E-state index contributed by atoms with van der Waals surface area (Å²) >= 11 is 5.84. The van der Waals surface area contributed by atoms with Crippen LogP contribution in [0.4, 0.5) is 0 Å². The SMILES string of the molecule is C=C(C)NOCOC(=O)C(C)Oc1ccc(Oc2ccc(Cl)cc2)cc1. The molecule has 1 N–H and O–H groups in total. The average molecular weight is 378 g/mol. The highest BCUT2D eigenvalue weighted by Crippen LogP contribution is 2.25. The monoisotopic (exact) mass is 377 g/mol. The summed E-state index contributed by atoms with van der Waals surface area (Å²) in [5, 5.41) is 0.641. The minimum atomic E-state index is -0.786. The number of nitrogens with one attached hydrogen (secondary N) is 1. The van der Waals surface area contributed by atoms with Gasteiger partial charge in [0.15, 0.2) is 6.10 Å². The highest BCUT2D eigenvalue weighted by Gasteiger charge is 2.16. The van der Waals surface area contributed by atoms with E-state index in [1.54, 1.807) is 62.4 Å². The van der Waals surface area contributed by atoms with Gasteiger partial charge >= 0.3 is 5.97 Å². The molecule has 1 unspecified atom stereocenters. The van der Waals surface area contributed by atoms with Crippen molar-refractivity contribution in [1.29, 1.82) is 0 Å². The van der Waals surface area contributed by atoms with E-state index < -0.39 is 12.1 Å². The summed E-state index contributed by atoms with van der Waals surface area (Å²) < 4.78 is 16.1. The smallest absolute Gasteiger partial charge is 0.349 e. The molecule has 138 valence electrons. The van der Waals surface area contributed by atoms with Gasteiger partial charge in [-0.3, -0.25) is 5.48 Å². The number of benzene rings is 2. The van der Waals surface area contributed by atoms with Crippen molar-refractivity contribution >= 4 is 17.6 Å². The molecule has 0 spiro atoms. The van der Waals surface area contributed by atoms with Gasteiger partial charge in [0, 0.05) is 10.7 Å². The van der Waals surface area contributed by atoms with Crippen LogP contribution in [0.2, 0.25) is 5.02 Å². The quantitative estimate of drug-likeness (QED) is 0.301. The Morgan fingerprint density at radius 1 is 1.08 bits per heavy atom. The first-order chi connectivity index (χ1) is 12.4. The Bertz CT molecular complexity index is 731. The minimum absolute atomic E-state index is 0.243. The first-order valence-electron chi connectivity index (χ1n) is 7.84. The number of hydrogen-bond acceptors (Lipinski definition) is 6. The Morgan fingerprint density at radius 3 is 2.19 bits per heavy atom. The van der Waals surface area contributed by atoms with Gasteiger partial charge in [0.05, 0.1) is 0 Å². The van der Waals surface area contributed by atoms with E-state index in [0.29, 0.717) is 28.0 Å². The molecule has 0 amide bonds. The number of halogens is 1. The molecule has 2 aromatic rings. The van der Waals surface area contributed by atoms with Crippen LogP contribution in [0.25, 0.3) is 0 Å². The van der Waals surface area contributed by atoms with Gasteiger partial charge in [-0.2, -0.15) is 0 Å². The second-order valence-corrected chi connectivity index (χ2v) is 5.83. The van der Waals surface area contributed by atoms with Gasteiger partial charge in [0.25, 0.3) is 0 Å². The fourth-order valence-corrected chi connectivity index (χ4v) is 1.96. The second-order valence-electron chi connectivity index (χ2n) is 5.40. The lowest BCUT2D eigenvalue weighted by molar-refractivity contribution is -0.168. The van der Waals surface area contributed by atoms with Crippen LogP contribution in [0.15, 0.2) is 60.8 Å². The summed E-state index contributed by atoms with van der Waals surface area (Å²) in [6, 6.07) is 13.9. The van der Waals surface area contributed by atoms with E-state index in [1.807, 2.05) is 0 Å². The van der Waals surface area contributed by atoms with Gasteiger partial charge in [-0.05, 0) is 62.4 Å². The van der Waals surface area contributed by atoms with E-state index in [-0.39, 0.29) is 6.79 Å². The summed E-state index contributed by atoms with van der Waals surface area (Å²) in [6.07, 6.45) is -0.786. The number of ether oxygens (including phenoxy) is 3. The lowest BCUT2D eigenvalue weighted by Crippen LogP contribution is -2.28. The summed E-state index contributed by atoms with van der Waals surface area (Å²) in [7, 11) is 0. The van der Waals surface area contributed by atoms with E-state index in [1.165, 1.54) is 0 Å². The van der Waals surface area contributed by atoms with Gasteiger partial charge in [-0.1, -0.05) is 18.2 Å². The summed E-state index contributed by atoms with van der Waals surface area (Å²) in [6.45, 7) is 6.65. The lowest BCUT2D eigenvalue weighted by Gasteiger charge is -2.14. The number of esters is 1. The molecular weight excluding hydrogens is 358 g/mol. The molecule has 7 heteroatoms. The van der Waals surface area contributed by atoms with Crippen molar-refractivity contribution in [2.24, 2.45) is 0 Å². The molecule has 0 aliphatic heterocycles. The topological polar surface area (TPSA) is 66.0 Å². The van der Waals surface area contributed by atoms with Gasteiger partial charge in [-0.25, -0.2) is 9.63 Å². The van der Waals surface area contributed by atoms with Crippen molar-refractivity contribution in [2.75, 3.05) is 6.79 Å². The van der Waals surface area contributed by atoms with Crippen molar-refractivity contribution in [1.82, 2.24) is 5.48 Å². The zero-order chi connectivity index (χ0) is 18.9. The van der Waals surface area contributed by atoms with Crippen molar-refractivity contribution in [3.05, 3.63) is 65.8 Å². The third kappa shape index (κ3) is 6.66. The van der Waals surface area contributed by atoms with Crippen LogP contribution in [-0.4, -0.2) is 18.9 Å². The highest BCUT2D eigenvalue weighted by atomic mass is 35.5. The fourth-order valence-electron chi connectivity index (χ4n) is 1.83. The summed E-state index contributed by atoms with van der Waals surface area (Å²) in [5.41, 5.74) is 3.09. The van der Waals surface area contributed by atoms with E-state index >= 15 is 0 Å². The lowest BCUT2D eigenvalue weighted by atomic mass is 10.3. The Kier molecular flexibility index (Phi) is 7.32. The maximum absolute atomic E-state index is 11.8. The van der Waals surface area contributed by atoms with Crippen LogP contribution in [0.5, 0.6) is 17.2 Å². The van der Waals surface area contributed by atoms with Gasteiger partial charge in [0.1, 0.15) is 17.2 Å². The number of hydroxylamine groups is 1. The van der Waals surface area contributed by atoms with E-state index in [0.717, 1.165) is 0 Å². The third-order valence-corrected chi connectivity index (χ3v) is 3.28. The van der Waals surface area contributed by atoms with E-state index in [9.17, 15) is 4.79 Å². The van der Waals surface area contributed by atoms with Crippen molar-refractivity contribution < 1.29 is 23.8 Å². The summed E-state index contributed by atoms with van der Waals surface area (Å²) in [4.78, 5) is 16.7. The molecule has 0 heterocycles. The van der Waals surface area contributed by atoms with Crippen LogP contribution in [0, 0.1) is 0 Å². The number of allylic oxidation sites excluding steroid dienone is 1. The molecule has 0 bridgehead atoms. The first-order valence-corrected chi connectivity index (χ1v) is 8.22. The number of carbonyl (C=O) groups is 1. The maximum Gasteiger partial charge on any atom is 0.349 e. The van der Waals surface area contributed by atoms with Crippen molar-refractivity contribution in [3.63, 3.8) is 0 Å². The molecule has 0 saturated heterocycles. The normalized spacial score (nSPS) is 11.3. The maximum atomic E-state index is 11.8. The standard InChI is InChI=1S/C19H20ClNO5/c1-13(2)21-24-12-23-19(22)14(3)25-16-8-10-18(11-9-16)26-17-6-4-15(20)5-7-17/h4-11,14,21H,1,12H2,2-3H3. The minimum Gasteiger partial charge on any atom is -0.479 e. The molecule has 0 saturated carbocycles. The molecule has 0 fully saturated rings. The Morgan fingerprint density at radius 2 is 1.62 bits per heavy atom. The molecule has 26 heavy (non-hydrogen) atoms. The van der Waals surface area contributed by atoms with Gasteiger partial charge in [-0.15, -0.1) is 0 Å². The molecule has 0 aliphatic carbocycles. The zero-order valence-corrected chi connectivity index (χ0v) is 15.3. The highest BCUT2D eigenvalue weighted by molar-refractivity contribution is 6.30. The fraction of sp³-hybridized carbons (Fsp3) is 0.211. The molecule has 2 aromatic carbocycles. The zero-order valence-electron chi connectivity index (χ0n) is 14.5. The first kappa shape index (κ1) is 19.6. The van der Waals surface area contributed by atoms with Crippen LogP contribution in [0.3, 0.4) is 0 Å². The van der Waals surface area contributed by atoms with Gasteiger partial charge in [0.2, 0.25) is 6.79 Å². The van der Waals surface area contributed by atoms with Crippen LogP contribution < -0.4 is 15.0 Å². The second kappa shape index (κ2) is 9.70. The number of carbonyl (C=O) groups excluding carboxylic acids is 1. The van der Waals surface area contributed by atoms with E-state index in [2.05, 4.69) is 12.1 Å². The van der Waals surface area contributed by atoms with E-state index in [4.69, 9.17) is 30.6 Å². The van der Waals surface area contributed by atoms with Crippen LogP contribution in [0.1, 0.15) is 13.8 Å². The van der Waals surface area contributed by atoms with Crippen molar-refractivity contribution in [3.8, 4) is 17.2 Å². The number of hydrogen-bond donors (Lipinski definition) is 1. The van der Waals surface area contributed by atoms with Crippen LogP contribution >= 0.6 is 11.6 Å². The third-order valence-electron chi connectivity index (χ3n) is 3.02. The Balaban J connectivity index is 1.81. The predicted octanol–water partition coefficient (Wildman–Crippen LogP) is 4.46. The molecule has 1 atom stereocenters. The average Bonchev–Trinajstić information content (AvgIpc) is 2.62. The van der Waals surface area contributed by atoms with Crippen LogP contribution in [-0.2, 0) is 14.4 Å². The Labute approximate surface area is 157 Å². The largest absolute Gasteiger partial charge is 0.479 e. The predicted molar refractivity (Wildman–Crippen MR) is 98.1 cm³/mol. The summed E-state index contributed by atoms with van der Waals surface area (Å²) in [5.74, 6) is 1.27. The Hall–Kier alpha value is -2.70. The van der Waals surface area contributed by atoms with Gasteiger partial charge < -0.3 is 14.2 Å². The van der Waals surface area contributed by atoms with Crippen molar-refractivity contribution in [2.45, 2.75) is 20.0 Å². The number of rotatable bonds is 9. The molecule has 2 rings (SSSR count). The molecular formula is C19H20ClNO5. The molecule has 0 radical (unpaired) electrons. The molecule has 0 aliphatic rings.